The molecule has 1 aromatic carbocycles. The number of benzene rings is 1. The normalized spacial score (nSPS) is 14.3. The van der Waals surface area contributed by atoms with Gasteiger partial charge in [0.15, 0.2) is 5.82 Å². The van der Waals surface area contributed by atoms with Crippen LogP contribution in [0.2, 0.25) is 10.0 Å². The Balaban J connectivity index is 2.10. The lowest BCUT2D eigenvalue weighted by Gasteiger charge is -2.07. The van der Waals surface area contributed by atoms with Gasteiger partial charge in [0, 0.05) is 16.6 Å². The summed E-state index contributed by atoms with van der Waals surface area (Å²) in [5.74, 6) is 1.28. The Morgan fingerprint density at radius 3 is 2.68 bits per heavy atom. The molecule has 0 saturated heterocycles. The molecule has 0 spiro atoms. The van der Waals surface area contributed by atoms with E-state index in [-0.39, 0.29) is 5.25 Å². The van der Waals surface area contributed by atoms with Gasteiger partial charge in [0.25, 0.3) is 0 Å². The molecule has 0 N–H and O–H groups in total. The number of nitrogens with zero attached hydrogens (tertiary/aromatic N) is 2. The lowest BCUT2D eigenvalue weighted by molar-refractivity contribution is 0.375. The highest BCUT2D eigenvalue weighted by atomic mass is 35.5. The third kappa shape index (κ3) is 3.55. The number of rotatable bonds is 4. The second kappa shape index (κ2) is 6.03. The SMILES string of the molecule is Cc1noc([C@@H](C)[S@@](=O)Cc2ccc(Cl)c(Cl)c2)n1. The second-order valence-corrected chi connectivity index (χ2v) is 6.67. The summed E-state index contributed by atoms with van der Waals surface area (Å²) in [6.07, 6.45) is 0. The van der Waals surface area contributed by atoms with Crippen LogP contribution >= 0.6 is 23.2 Å². The minimum absolute atomic E-state index is 0.323. The molecule has 2 atom stereocenters. The molecule has 0 saturated carbocycles. The van der Waals surface area contributed by atoms with Gasteiger partial charge in [-0.05, 0) is 31.5 Å². The molecule has 0 aliphatic heterocycles. The molecule has 102 valence electrons. The maximum absolute atomic E-state index is 12.2. The van der Waals surface area contributed by atoms with E-state index >= 15 is 0 Å². The van der Waals surface area contributed by atoms with Crippen LogP contribution in [0.5, 0.6) is 0 Å². The van der Waals surface area contributed by atoms with E-state index < -0.39 is 10.8 Å². The highest BCUT2D eigenvalue weighted by Crippen LogP contribution is 2.25. The average molecular weight is 319 g/mol. The Kier molecular flexibility index (Phi) is 4.60. The van der Waals surface area contributed by atoms with Crippen LogP contribution in [0, 0.1) is 6.92 Å². The Labute approximate surface area is 123 Å². The molecule has 0 fully saturated rings. The molecule has 1 heterocycles. The van der Waals surface area contributed by atoms with E-state index in [2.05, 4.69) is 10.1 Å². The molecule has 0 bridgehead atoms. The van der Waals surface area contributed by atoms with E-state index in [1.807, 2.05) is 0 Å². The van der Waals surface area contributed by atoms with E-state index in [9.17, 15) is 4.21 Å². The smallest absolute Gasteiger partial charge is 0.242 e. The summed E-state index contributed by atoms with van der Waals surface area (Å²) in [6.45, 7) is 3.52. The molecule has 0 unspecified atom stereocenters. The van der Waals surface area contributed by atoms with Crippen LogP contribution in [0.25, 0.3) is 0 Å². The zero-order valence-corrected chi connectivity index (χ0v) is 12.7. The summed E-state index contributed by atoms with van der Waals surface area (Å²) in [6, 6.07) is 5.21. The van der Waals surface area contributed by atoms with Gasteiger partial charge >= 0.3 is 0 Å². The van der Waals surface area contributed by atoms with Gasteiger partial charge in [0.2, 0.25) is 5.89 Å². The predicted octanol–water partition coefficient (Wildman–Crippen LogP) is 3.69. The Hall–Kier alpha value is -0.910. The Morgan fingerprint density at radius 2 is 2.11 bits per heavy atom. The average Bonchev–Trinajstić information content (AvgIpc) is 2.79. The molecule has 7 heteroatoms. The van der Waals surface area contributed by atoms with Crippen molar-refractivity contribution in [3.05, 3.63) is 45.5 Å². The maximum atomic E-state index is 12.2. The van der Waals surface area contributed by atoms with E-state index in [1.54, 1.807) is 32.0 Å². The van der Waals surface area contributed by atoms with E-state index in [1.165, 1.54) is 0 Å². The highest BCUT2D eigenvalue weighted by molar-refractivity contribution is 7.84. The zero-order chi connectivity index (χ0) is 14.0. The number of halogens is 2. The van der Waals surface area contributed by atoms with Crippen LogP contribution in [0.15, 0.2) is 22.7 Å². The van der Waals surface area contributed by atoms with E-state index in [4.69, 9.17) is 27.7 Å². The first-order chi connectivity index (χ1) is 8.97. The summed E-state index contributed by atoms with van der Waals surface area (Å²) in [5, 5.41) is 4.31. The number of hydrogen-bond acceptors (Lipinski definition) is 4. The van der Waals surface area contributed by atoms with Gasteiger partial charge in [-0.1, -0.05) is 34.4 Å². The van der Waals surface area contributed by atoms with Crippen molar-refractivity contribution in [1.82, 2.24) is 10.1 Å². The quantitative estimate of drug-likeness (QED) is 0.862. The van der Waals surface area contributed by atoms with Crippen molar-refractivity contribution >= 4 is 34.0 Å². The molecule has 4 nitrogen and oxygen atoms in total. The number of aryl methyl sites for hydroxylation is 1. The van der Waals surface area contributed by atoms with Crippen LogP contribution in [0.3, 0.4) is 0 Å². The molecule has 2 rings (SSSR count). The van der Waals surface area contributed by atoms with Gasteiger partial charge in [0.1, 0.15) is 5.25 Å². The summed E-state index contributed by atoms with van der Waals surface area (Å²) in [7, 11) is -1.17. The molecular weight excluding hydrogens is 307 g/mol. The first kappa shape index (κ1) is 14.5. The van der Waals surface area contributed by atoms with Gasteiger partial charge in [-0.2, -0.15) is 4.98 Å². The van der Waals surface area contributed by atoms with Crippen molar-refractivity contribution < 1.29 is 8.73 Å². The highest BCUT2D eigenvalue weighted by Gasteiger charge is 2.20. The lowest BCUT2D eigenvalue weighted by atomic mass is 10.2. The van der Waals surface area contributed by atoms with Crippen LogP contribution in [-0.2, 0) is 16.6 Å². The maximum Gasteiger partial charge on any atom is 0.242 e. The molecular formula is C12H12Cl2N2O2S. The largest absolute Gasteiger partial charge is 0.338 e. The van der Waals surface area contributed by atoms with Crippen molar-refractivity contribution in [2.75, 3.05) is 0 Å². The van der Waals surface area contributed by atoms with Gasteiger partial charge in [-0.15, -0.1) is 0 Å². The fourth-order valence-corrected chi connectivity index (χ4v) is 2.91. The summed E-state index contributed by atoms with van der Waals surface area (Å²) in [4.78, 5) is 4.09. The number of hydrogen-bond donors (Lipinski definition) is 0. The van der Waals surface area contributed by atoms with Crippen molar-refractivity contribution in [2.45, 2.75) is 24.9 Å². The molecule has 2 aromatic rings. The Morgan fingerprint density at radius 1 is 1.37 bits per heavy atom. The Bertz CT molecular complexity index is 616. The minimum atomic E-state index is -1.17. The summed E-state index contributed by atoms with van der Waals surface area (Å²) < 4.78 is 17.3. The molecule has 19 heavy (non-hydrogen) atoms. The third-order valence-electron chi connectivity index (χ3n) is 2.58. The standard InChI is InChI=1S/C12H12Cl2N2O2S/c1-7(12-15-8(2)16-18-12)19(17)6-9-3-4-10(13)11(14)5-9/h3-5,7H,6H2,1-2H3/t7-,19+/m1/s1. The van der Waals surface area contributed by atoms with Crippen LogP contribution in [0.1, 0.15) is 29.5 Å². The summed E-state index contributed by atoms with van der Waals surface area (Å²) >= 11 is 11.8. The van der Waals surface area contributed by atoms with Gasteiger partial charge in [-0.25, -0.2) is 0 Å². The molecule has 0 radical (unpaired) electrons. The van der Waals surface area contributed by atoms with Gasteiger partial charge < -0.3 is 4.52 Å². The lowest BCUT2D eigenvalue weighted by Crippen LogP contribution is -2.06. The second-order valence-electron chi connectivity index (χ2n) is 4.10. The van der Waals surface area contributed by atoms with Gasteiger partial charge in [0.05, 0.1) is 10.0 Å². The first-order valence-electron chi connectivity index (χ1n) is 5.58. The molecule has 1 aromatic heterocycles. The van der Waals surface area contributed by atoms with Crippen LogP contribution in [-0.4, -0.2) is 14.3 Å². The third-order valence-corrected chi connectivity index (χ3v) is 4.93. The van der Waals surface area contributed by atoms with Crippen LogP contribution < -0.4 is 0 Å². The van der Waals surface area contributed by atoms with Crippen molar-refractivity contribution in [2.24, 2.45) is 0 Å². The zero-order valence-electron chi connectivity index (χ0n) is 10.4. The predicted molar refractivity (Wildman–Crippen MR) is 75.8 cm³/mol. The van der Waals surface area contributed by atoms with E-state index in [0.29, 0.717) is 27.5 Å². The van der Waals surface area contributed by atoms with Crippen molar-refractivity contribution in [1.29, 1.82) is 0 Å². The fraction of sp³-hybridized carbons (Fsp3) is 0.333. The van der Waals surface area contributed by atoms with Crippen molar-refractivity contribution in [3.8, 4) is 0 Å². The van der Waals surface area contributed by atoms with Gasteiger partial charge in [-0.3, -0.25) is 4.21 Å². The first-order valence-corrected chi connectivity index (χ1v) is 7.72. The molecule has 0 aliphatic rings. The topological polar surface area (TPSA) is 56.0 Å². The monoisotopic (exact) mass is 318 g/mol. The van der Waals surface area contributed by atoms with E-state index in [0.717, 1.165) is 5.56 Å². The molecule has 0 amide bonds. The van der Waals surface area contributed by atoms with Crippen LogP contribution in [0.4, 0.5) is 0 Å². The molecule has 0 aliphatic carbocycles. The fourth-order valence-electron chi connectivity index (χ4n) is 1.51. The van der Waals surface area contributed by atoms with Crippen molar-refractivity contribution in [3.63, 3.8) is 0 Å². The number of aromatic nitrogens is 2. The summed E-state index contributed by atoms with van der Waals surface area (Å²) in [5.41, 5.74) is 0.857. The minimum Gasteiger partial charge on any atom is -0.338 e.